The van der Waals surface area contributed by atoms with Gasteiger partial charge in [0, 0.05) is 0 Å². The third kappa shape index (κ3) is 6.62. The summed E-state index contributed by atoms with van der Waals surface area (Å²) in [4.78, 5) is 25.1. The highest BCUT2D eigenvalue weighted by Gasteiger charge is 2.44. The van der Waals surface area contributed by atoms with E-state index in [0.717, 1.165) is 5.56 Å². The Morgan fingerprint density at radius 3 is 1.94 bits per heavy atom. The molecule has 0 radical (unpaired) electrons. The maximum Gasteiger partial charge on any atom is 0.322 e. The summed E-state index contributed by atoms with van der Waals surface area (Å²) < 4.78 is 37.3. The fourth-order valence-electron chi connectivity index (χ4n) is 3.02. The topological polar surface area (TPSA) is 86.7 Å². The van der Waals surface area contributed by atoms with Crippen molar-refractivity contribution in [1.29, 1.82) is 0 Å². The van der Waals surface area contributed by atoms with E-state index in [1.807, 2.05) is 32.9 Å². The Morgan fingerprint density at radius 2 is 1.55 bits per heavy atom. The molecule has 0 bridgehead atoms. The fraction of sp³-hybridized carbons (Fsp3) is 0.667. The van der Waals surface area contributed by atoms with Crippen LogP contribution in [0.25, 0.3) is 0 Å². The van der Waals surface area contributed by atoms with Gasteiger partial charge in [-0.25, -0.2) is 0 Å². The molecule has 0 aliphatic rings. The zero-order valence-corrected chi connectivity index (χ0v) is 21.4. The highest BCUT2D eigenvalue weighted by molar-refractivity contribution is 7.86. The summed E-state index contributed by atoms with van der Waals surface area (Å²) in [6.45, 7) is 16.9. The van der Waals surface area contributed by atoms with Gasteiger partial charge in [0.2, 0.25) is 0 Å². The minimum absolute atomic E-state index is 0.0533. The fourth-order valence-corrected chi connectivity index (χ4v) is 4.63. The second kappa shape index (κ2) is 9.82. The summed E-state index contributed by atoms with van der Waals surface area (Å²) in [5.41, 5.74) is -0.161. The first-order valence-electron chi connectivity index (χ1n) is 10.8. The molecule has 1 rings (SSSR count). The molecule has 1 aromatic rings. The molecule has 0 aromatic heterocycles. The second-order valence-corrected chi connectivity index (χ2v) is 11.4. The number of hydrogen-bond donors (Lipinski definition) is 0. The van der Waals surface area contributed by atoms with E-state index in [2.05, 4.69) is 13.8 Å². The summed E-state index contributed by atoms with van der Waals surface area (Å²) in [6, 6.07) is 3.80. The number of rotatable bonds is 9. The highest BCUT2D eigenvalue weighted by atomic mass is 32.2. The standard InChI is InChI=1S/C24H38O6S/c1-11-18-12-19(15(2)3)13-20(16(4)5)21(18)31(27,28)29-14-24(10,17(6)25)22(26)30-23(7,8)9/h12-13,15-16H,11,14H2,1-10H3. The Hall–Kier alpha value is -1.73. The lowest BCUT2D eigenvalue weighted by Gasteiger charge is -2.29. The summed E-state index contributed by atoms with van der Waals surface area (Å²) in [6.07, 6.45) is 0.508. The lowest BCUT2D eigenvalue weighted by molar-refractivity contribution is -0.170. The van der Waals surface area contributed by atoms with Crippen LogP contribution in [0.5, 0.6) is 0 Å². The van der Waals surface area contributed by atoms with E-state index in [-0.39, 0.29) is 16.7 Å². The lowest BCUT2D eigenvalue weighted by Crippen LogP contribution is -2.44. The Balaban J connectivity index is 3.45. The van der Waals surface area contributed by atoms with E-state index in [0.29, 0.717) is 17.5 Å². The number of ketones is 1. The molecule has 0 heterocycles. The van der Waals surface area contributed by atoms with Crippen molar-refractivity contribution in [2.45, 2.75) is 98.0 Å². The van der Waals surface area contributed by atoms with E-state index in [4.69, 9.17) is 8.92 Å². The Kier molecular flexibility index (Phi) is 8.65. The molecule has 0 spiro atoms. The normalized spacial score (nSPS) is 14.6. The predicted octanol–water partition coefficient (Wildman–Crippen LogP) is 5.14. The van der Waals surface area contributed by atoms with E-state index in [1.165, 1.54) is 13.8 Å². The zero-order valence-electron chi connectivity index (χ0n) is 20.6. The third-order valence-corrected chi connectivity index (χ3v) is 6.69. The number of Topliss-reactive ketones (excluding diaryl/α,β-unsaturated/α-hetero) is 1. The lowest BCUT2D eigenvalue weighted by atomic mass is 9.87. The van der Waals surface area contributed by atoms with Crippen LogP contribution < -0.4 is 0 Å². The second-order valence-electron chi connectivity index (χ2n) is 9.87. The molecular weight excluding hydrogens is 416 g/mol. The number of esters is 1. The number of aryl methyl sites for hydroxylation is 1. The van der Waals surface area contributed by atoms with Gasteiger partial charge in [0.05, 0.1) is 6.61 Å². The van der Waals surface area contributed by atoms with Crippen LogP contribution >= 0.6 is 0 Å². The van der Waals surface area contributed by atoms with Gasteiger partial charge in [-0.15, -0.1) is 0 Å². The molecule has 0 saturated heterocycles. The van der Waals surface area contributed by atoms with Crippen LogP contribution in [-0.2, 0) is 35.0 Å². The van der Waals surface area contributed by atoms with Crippen LogP contribution in [0.3, 0.4) is 0 Å². The molecule has 176 valence electrons. The Morgan fingerprint density at radius 1 is 1.00 bits per heavy atom. The molecule has 31 heavy (non-hydrogen) atoms. The van der Waals surface area contributed by atoms with Crippen molar-refractivity contribution in [3.05, 3.63) is 28.8 Å². The van der Waals surface area contributed by atoms with Gasteiger partial charge in [-0.1, -0.05) is 46.8 Å². The zero-order chi connectivity index (χ0) is 24.4. The van der Waals surface area contributed by atoms with Crippen LogP contribution in [0.15, 0.2) is 17.0 Å². The maximum atomic E-state index is 13.3. The van der Waals surface area contributed by atoms with Crippen molar-refractivity contribution < 1.29 is 26.9 Å². The quantitative estimate of drug-likeness (QED) is 0.292. The molecule has 6 nitrogen and oxygen atoms in total. The van der Waals surface area contributed by atoms with Crippen LogP contribution in [-0.4, -0.2) is 32.4 Å². The van der Waals surface area contributed by atoms with Crippen LogP contribution in [0.4, 0.5) is 0 Å². The van der Waals surface area contributed by atoms with Crippen molar-refractivity contribution in [3.63, 3.8) is 0 Å². The molecule has 0 N–H and O–H groups in total. The van der Waals surface area contributed by atoms with Gasteiger partial charge >= 0.3 is 5.97 Å². The number of benzene rings is 1. The monoisotopic (exact) mass is 454 g/mol. The largest absolute Gasteiger partial charge is 0.459 e. The summed E-state index contributed by atoms with van der Waals surface area (Å²) >= 11 is 0. The average Bonchev–Trinajstić information content (AvgIpc) is 2.63. The minimum atomic E-state index is -4.23. The van der Waals surface area contributed by atoms with Gasteiger partial charge in [-0.2, -0.15) is 8.42 Å². The van der Waals surface area contributed by atoms with Crippen molar-refractivity contribution in [2.75, 3.05) is 6.61 Å². The van der Waals surface area contributed by atoms with Gasteiger partial charge in [-0.3, -0.25) is 13.8 Å². The molecule has 0 aliphatic heterocycles. The smallest absolute Gasteiger partial charge is 0.322 e. The molecule has 1 unspecified atom stereocenters. The average molecular weight is 455 g/mol. The van der Waals surface area contributed by atoms with Crippen molar-refractivity contribution >= 4 is 21.9 Å². The first-order chi connectivity index (χ1) is 14.0. The van der Waals surface area contributed by atoms with E-state index >= 15 is 0 Å². The van der Waals surface area contributed by atoms with Gasteiger partial charge in [0.1, 0.15) is 21.7 Å². The van der Waals surface area contributed by atoms with Crippen LogP contribution in [0, 0.1) is 5.41 Å². The molecular formula is C24H38O6S. The van der Waals surface area contributed by atoms with Crippen molar-refractivity contribution in [2.24, 2.45) is 5.41 Å². The Bertz CT molecular complexity index is 922. The van der Waals surface area contributed by atoms with E-state index in [9.17, 15) is 18.0 Å². The van der Waals surface area contributed by atoms with E-state index < -0.39 is 39.5 Å². The van der Waals surface area contributed by atoms with Gasteiger partial charge in [-0.05, 0) is 69.6 Å². The minimum Gasteiger partial charge on any atom is -0.459 e. The number of carbonyl (C=O) groups is 2. The SMILES string of the molecule is CCc1cc(C(C)C)cc(C(C)C)c1S(=O)(=O)OCC(C)(C(C)=O)C(=O)OC(C)(C)C. The number of ether oxygens (including phenoxy) is 1. The van der Waals surface area contributed by atoms with Crippen LogP contribution in [0.2, 0.25) is 0 Å². The molecule has 0 fully saturated rings. The van der Waals surface area contributed by atoms with Crippen molar-refractivity contribution in [3.8, 4) is 0 Å². The molecule has 0 aliphatic carbocycles. The molecule has 0 amide bonds. The van der Waals surface area contributed by atoms with Crippen molar-refractivity contribution in [1.82, 2.24) is 0 Å². The third-order valence-electron chi connectivity index (χ3n) is 5.27. The summed E-state index contributed by atoms with van der Waals surface area (Å²) in [7, 11) is -4.23. The van der Waals surface area contributed by atoms with Crippen LogP contribution in [0.1, 0.15) is 97.8 Å². The van der Waals surface area contributed by atoms with Gasteiger partial charge in [0.15, 0.2) is 0 Å². The highest BCUT2D eigenvalue weighted by Crippen LogP contribution is 2.34. The number of hydrogen-bond acceptors (Lipinski definition) is 6. The van der Waals surface area contributed by atoms with Gasteiger partial charge in [0.25, 0.3) is 10.1 Å². The first-order valence-corrected chi connectivity index (χ1v) is 12.2. The summed E-state index contributed by atoms with van der Waals surface area (Å²) in [5, 5.41) is 0. The van der Waals surface area contributed by atoms with E-state index in [1.54, 1.807) is 20.8 Å². The molecule has 0 saturated carbocycles. The summed E-state index contributed by atoms with van der Waals surface area (Å²) in [5.74, 6) is -1.14. The number of carbonyl (C=O) groups excluding carboxylic acids is 2. The molecule has 7 heteroatoms. The Labute approximate surface area is 187 Å². The molecule has 1 aromatic carbocycles. The molecule has 1 atom stereocenters. The predicted molar refractivity (Wildman–Crippen MR) is 122 cm³/mol. The maximum absolute atomic E-state index is 13.3. The first kappa shape index (κ1) is 27.3. The van der Waals surface area contributed by atoms with Gasteiger partial charge < -0.3 is 4.74 Å².